The Balaban J connectivity index is 2.20. The smallest absolute Gasteiger partial charge is 0.267 e. The second kappa shape index (κ2) is 3.99. The van der Waals surface area contributed by atoms with Crippen LogP contribution in [-0.2, 0) is 10.0 Å². The maximum atomic E-state index is 13.4. The van der Waals surface area contributed by atoms with E-state index in [0.29, 0.717) is 12.8 Å². The van der Waals surface area contributed by atoms with Crippen LogP contribution in [0.3, 0.4) is 0 Å². The first-order valence-corrected chi connectivity index (χ1v) is 6.56. The van der Waals surface area contributed by atoms with Crippen molar-refractivity contribution in [2.75, 3.05) is 5.73 Å². The summed E-state index contributed by atoms with van der Waals surface area (Å²) in [6.45, 7) is 0. The molecule has 5 nitrogen and oxygen atoms in total. The Morgan fingerprint density at radius 3 is 2.59 bits per heavy atom. The zero-order valence-corrected chi connectivity index (χ0v) is 9.63. The molecule has 0 radical (unpaired) electrons. The number of halogens is 1. The Labute approximate surface area is 97.9 Å². The van der Waals surface area contributed by atoms with Gasteiger partial charge in [0.25, 0.3) is 5.91 Å². The standard InChI is InChI=1S/C10H11FN2O3S/c11-9-5-6(12)1-4-8(9)10(14)13-17(15,16)7-2-3-7/h1,4-5,7H,2-3,12H2,(H,13,14). The highest BCUT2D eigenvalue weighted by Crippen LogP contribution is 2.27. The van der Waals surface area contributed by atoms with E-state index in [1.165, 1.54) is 6.07 Å². The fraction of sp³-hybridized carbons (Fsp3) is 0.300. The SMILES string of the molecule is Nc1ccc(C(=O)NS(=O)(=O)C2CC2)c(F)c1. The van der Waals surface area contributed by atoms with Crippen LogP contribution >= 0.6 is 0 Å². The molecule has 1 aliphatic rings. The summed E-state index contributed by atoms with van der Waals surface area (Å²) in [4.78, 5) is 11.6. The van der Waals surface area contributed by atoms with Gasteiger partial charge < -0.3 is 5.73 Å². The van der Waals surface area contributed by atoms with Gasteiger partial charge in [-0.1, -0.05) is 0 Å². The highest BCUT2D eigenvalue weighted by molar-refractivity contribution is 7.91. The fourth-order valence-electron chi connectivity index (χ4n) is 1.36. The summed E-state index contributed by atoms with van der Waals surface area (Å²) < 4.78 is 38.2. The maximum absolute atomic E-state index is 13.4. The molecule has 0 atom stereocenters. The zero-order chi connectivity index (χ0) is 12.6. The van der Waals surface area contributed by atoms with Crippen molar-refractivity contribution in [3.8, 4) is 0 Å². The number of carbonyl (C=O) groups excluding carboxylic acids is 1. The Kier molecular flexibility index (Phi) is 2.78. The van der Waals surface area contributed by atoms with E-state index in [2.05, 4.69) is 0 Å². The van der Waals surface area contributed by atoms with Crippen molar-refractivity contribution < 1.29 is 17.6 Å². The molecule has 1 aliphatic carbocycles. The van der Waals surface area contributed by atoms with Gasteiger partial charge in [-0.2, -0.15) is 0 Å². The lowest BCUT2D eigenvalue weighted by atomic mass is 10.2. The number of rotatable bonds is 3. The predicted molar refractivity (Wildman–Crippen MR) is 60.2 cm³/mol. The second-order valence-electron chi connectivity index (χ2n) is 3.91. The molecule has 0 heterocycles. The maximum Gasteiger partial charge on any atom is 0.267 e. The van der Waals surface area contributed by atoms with E-state index < -0.39 is 27.0 Å². The lowest BCUT2D eigenvalue weighted by Crippen LogP contribution is -2.33. The van der Waals surface area contributed by atoms with Crippen molar-refractivity contribution in [3.63, 3.8) is 0 Å². The molecule has 1 amide bonds. The number of nitrogens with one attached hydrogen (secondary N) is 1. The van der Waals surface area contributed by atoms with Crippen LogP contribution in [-0.4, -0.2) is 19.6 Å². The van der Waals surface area contributed by atoms with E-state index in [0.717, 1.165) is 12.1 Å². The number of carbonyl (C=O) groups is 1. The average molecular weight is 258 g/mol. The van der Waals surface area contributed by atoms with Crippen LogP contribution in [0.4, 0.5) is 10.1 Å². The Bertz CT molecular complexity index is 567. The molecule has 92 valence electrons. The average Bonchev–Trinajstić information content (AvgIpc) is 2.98. The van der Waals surface area contributed by atoms with Gasteiger partial charge in [0.15, 0.2) is 0 Å². The number of amides is 1. The molecule has 0 aromatic heterocycles. The largest absolute Gasteiger partial charge is 0.399 e. The Morgan fingerprint density at radius 1 is 1.41 bits per heavy atom. The summed E-state index contributed by atoms with van der Waals surface area (Å²) in [5.74, 6) is -1.80. The van der Waals surface area contributed by atoms with Gasteiger partial charge in [-0.15, -0.1) is 0 Å². The zero-order valence-electron chi connectivity index (χ0n) is 8.81. The van der Waals surface area contributed by atoms with E-state index in [1.54, 1.807) is 0 Å². The van der Waals surface area contributed by atoms with Gasteiger partial charge in [0.1, 0.15) is 5.82 Å². The van der Waals surface area contributed by atoms with Crippen LogP contribution in [0.2, 0.25) is 0 Å². The molecule has 17 heavy (non-hydrogen) atoms. The van der Waals surface area contributed by atoms with E-state index in [-0.39, 0.29) is 11.3 Å². The normalized spacial score (nSPS) is 15.6. The van der Waals surface area contributed by atoms with Crippen molar-refractivity contribution >= 4 is 21.6 Å². The number of anilines is 1. The summed E-state index contributed by atoms with van der Waals surface area (Å²) in [7, 11) is -3.66. The third-order valence-corrected chi connectivity index (χ3v) is 4.25. The second-order valence-corrected chi connectivity index (χ2v) is 5.88. The molecule has 0 spiro atoms. The van der Waals surface area contributed by atoms with E-state index in [1.807, 2.05) is 4.72 Å². The molecule has 0 aliphatic heterocycles. The van der Waals surface area contributed by atoms with E-state index in [9.17, 15) is 17.6 Å². The molecule has 0 saturated heterocycles. The lowest BCUT2D eigenvalue weighted by Gasteiger charge is -2.06. The van der Waals surface area contributed by atoms with Gasteiger partial charge in [0, 0.05) is 5.69 Å². The summed E-state index contributed by atoms with van der Waals surface area (Å²) in [5.41, 5.74) is 5.16. The van der Waals surface area contributed by atoms with Crippen molar-refractivity contribution in [1.82, 2.24) is 4.72 Å². The molecule has 2 rings (SSSR count). The minimum absolute atomic E-state index is 0.170. The first-order chi connectivity index (χ1) is 7.90. The molecule has 1 aromatic rings. The molecular weight excluding hydrogens is 247 g/mol. The summed E-state index contributed by atoms with van der Waals surface area (Å²) in [6, 6.07) is 3.46. The molecule has 1 fully saturated rings. The minimum atomic E-state index is -3.66. The summed E-state index contributed by atoms with van der Waals surface area (Å²) in [5, 5.41) is -0.525. The molecule has 0 bridgehead atoms. The van der Waals surface area contributed by atoms with E-state index in [4.69, 9.17) is 5.73 Å². The molecule has 1 aromatic carbocycles. The van der Waals surface area contributed by atoms with Gasteiger partial charge in [0.05, 0.1) is 10.8 Å². The molecule has 0 unspecified atom stereocenters. The first-order valence-electron chi connectivity index (χ1n) is 5.01. The number of hydrogen-bond acceptors (Lipinski definition) is 4. The summed E-state index contributed by atoms with van der Waals surface area (Å²) >= 11 is 0. The third-order valence-electron chi connectivity index (χ3n) is 2.44. The van der Waals surface area contributed by atoms with Crippen molar-refractivity contribution in [2.45, 2.75) is 18.1 Å². The highest BCUT2D eigenvalue weighted by atomic mass is 32.2. The Hall–Kier alpha value is -1.63. The number of nitrogen functional groups attached to an aromatic ring is 1. The topological polar surface area (TPSA) is 89.3 Å². The number of sulfonamides is 1. The molecule has 3 N–H and O–H groups in total. The van der Waals surface area contributed by atoms with Gasteiger partial charge >= 0.3 is 0 Å². The van der Waals surface area contributed by atoms with Crippen LogP contribution < -0.4 is 10.5 Å². The summed E-state index contributed by atoms with van der Waals surface area (Å²) in [6.07, 6.45) is 1.07. The van der Waals surface area contributed by atoms with Crippen LogP contribution in [0.15, 0.2) is 18.2 Å². The van der Waals surface area contributed by atoms with Gasteiger partial charge in [-0.3, -0.25) is 4.79 Å². The van der Waals surface area contributed by atoms with Crippen LogP contribution in [0.1, 0.15) is 23.2 Å². The number of benzene rings is 1. The number of hydrogen-bond donors (Lipinski definition) is 2. The van der Waals surface area contributed by atoms with Crippen molar-refractivity contribution in [3.05, 3.63) is 29.6 Å². The molecular formula is C10H11FN2O3S. The monoisotopic (exact) mass is 258 g/mol. The van der Waals surface area contributed by atoms with Gasteiger partial charge in [0.2, 0.25) is 10.0 Å². The highest BCUT2D eigenvalue weighted by Gasteiger charge is 2.37. The number of nitrogens with two attached hydrogens (primary N) is 1. The molecule has 1 saturated carbocycles. The van der Waals surface area contributed by atoms with Crippen LogP contribution in [0, 0.1) is 5.82 Å². The van der Waals surface area contributed by atoms with Crippen LogP contribution in [0.25, 0.3) is 0 Å². The first kappa shape index (κ1) is 11.8. The Morgan fingerprint density at radius 2 is 2.06 bits per heavy atom. The lowest BCUT2D eigenvalue weighted by molar-refractivity contribution is 0.0977. The van der Waals surface area contributed by atoms with Crippen LogP contribution in [0.5, 0.6) is 0 Å². The third kappa shape index (κ3) is 2.55. The van der Waals surface area contributed by atoms with Crippen molar-refractivity contribution in [2.24, 2.45) is 0 Å². The fourth-order valence-corrected chi connectivity index (χ4v) is 2.65. The van der Waals surface area contributed by atoms with E-state index >= 15 is 0 Å². The molecule has 7 heteroatoms. The predicted octanol–water partition coefficient (Wildman–Crippen LogP) is 0.630. The van der Waals surface area contributed by atoms with Gasteiger partial charge in [-0.05, 0) is 31.0 Å². The van der Waals surface area contributed by atoms with Gasteiger partial charge in [-0.25, -0.2) is 17.5 Å². The minimum Gasteiger partial charge on any atom is -0.399 e. The quantitative estimate of drug-likeness (QED) is 0.778. The van der Waals surface area contributed by atoms with Crippen molar-refractivity contribution in [1.29, 1.82) is 0 Å².